The Morgan fingerprint density at radius 3 is 2.93 bits per heavy atom. The fourth-order valence-corrected chi connectivity index (χ4v) is 1.67. The highest BCUT2D eigenvalue weighted by molar-refractivity contribution is 5.32. The first-order chi connectivity index (χ1) is 6.85. The van der Waals surface area contributed by atoms with Crippen LogP contribution in [0.4, 0.5) is 5.82 Å². The van der Waals surface area contributed by atoms with E-state index in [-0.39, 0.29) is 5.60 Å². The van der Waals surface area contributed by atoms with Gasteiger partial charge in [0.05, 0.1) is 5.60 Å². The molecule has 14 heavy (non-hydrogen) atoms. The summed E-state index contributed by atoms with van der Waals surface area (Å²) >= 11 is 0. The zero-order valence-electron chi connectivity index (χ0n) is 8.36. The van der Waals surface area contributed by atoms with Crippen LogP contribution in [0.15, 0.2) is 18.6 Å². The molecular formula is C10H15N3O. The van der Waals surface area contributed by atoms with Gasteiger partial charge in [0.25, 0.3) is 0 Å². The van der Waals surface area contributed by atoms with E-state index in [1.165, 1.54) is 6.42 Å². The summed E-state index contributed by atoms with van der Waals surface area (Å²) < 4.78 is 5.49. The van der Waals surface area contributed by atoms with Crippen LogP contribution >= 0.6 is 0 Å². The summed E-state index contributed by atoms with van der Waals surface area (Å²) in [5.74, 6) is 0.864. The fourth-order valence-electron chi connectivity index (χ4n) is 1.67. The van der Waals surface area contributed by atoms with E-state index in [2.05, 4.69) is 15.3 Å². The Kier molecular flexibility index (Phi) is 2.63. The minimum absolute atomic E-state index is 0.0466. The lowest BCUT2D eigenvalue weighted by Crippen LogP contribution is -2.45. The molecule has 0 unspecified atom stereocenters. The average Bonchev–Trinajstić information content (AvgIpc) is 2.19. The van der Waals surface area contributed by atoms with Crippen LogP contribution in [-0.2, 0) is 4.74 Å². The molecule has 1 aromatic heterocycles. The van der Waals surface area contributed by atoms with E-state index in [9.17, 15) is 0 Å². The summed E-state index contributed by atoms with van der Waals surface area (Å²) in [6.45, 7) is 0.834. The fraction of sp³-hybridized carbons (Fsp3) is 0.600. The Morgan fingerprint density at radius 1 is 1.57 bits per heavy atom. The standard InChI is InChI=1S/C10H15N3O/c1-14-10(4-2-5-10)7-12-9-3-6-11-8-13-9/h3,6,8H,2,4-5,7H2,1H3,(H,11,12,13). The van der Waals surface area contributed by atoms with Crippen LogP contribution in [0.3, 0.4) is 0 Å². The van der Waals surface area contributed by atoms with E-state index in [1.54, 1.807) is 19.6 Å². The highest BCUT2D eigenvalue weighted by atomic mass is 16.5. The van der Waals surface area contributed by atoms with Crippen molar-refractivity contribution in [3.63, 3.8) is 0 Å². The maximum atomic E-state index is 5.49. The van der Waals surface area contributed by atoms with Crippen LogP contribution in [0.2, 0.25) is 0 Å². The second-order valence-electron chi connectivity index (χ2n) is 3.69. The largest absolute Gasteiger partial charge is 0.376 e. The second kappa shape index (κ2) is 3.92. The third-order valence-electron chi connectivity index (χ3n) is 2.87. The average molecular weight is 193 g/mol. The van der Waals surface area contributed by atoms with Crippen LogP contribution in [0, 0.1) is 0 Å². The van der Waals surface area contributed by atoms with Crippen molar-refractivity contribution in [2.75, 3.05) is 19.0 Å². The van der Waals surface area contributed by atoms with Crippen LogP contribution in [-0.4, -0.2) is 29.2 Å². The van der Waals surface area contributed by atoms with Crippen molar-refractivity contribution in [3.05, 3.63) is 18.6 Å². The SMILES string of the molecule is COC1(CNc2ccncn2)CCC1. The summed E-state index contributed by atoms with van der Waals surface area (Å²) in [6.07, 6.45) is 6.82. The first-order valence-electron chi connectivity index (χ1n) is 4.90. The molecule has 1 saturated carbocycles. The Hall–Kier alpha value is -1.16. The van der Waals surface area contributed by atoms with Gasteiger partial charge in [-0.2, -0.15) is 0 Å². The van der Waals surface area contributed by atoms with Gasteiger partial charge in [0.2, 0.25) is 0 Å². The number of rotatable bonds is 4. The number of aromatic nitrogens is 2. The van der Waals surface area contributed by atoms with Crippen LogP contribution in [0.25, 0.3) is 0 Å². The molecule has 0 spiro atoms. The third-order valence-corrected chi connectivity index (χ3v) is 2.87. The quantitative estimate of drug-likeness (QED) is 0.786. The van der Waals surface area contributed by atoms with E-state index in [0.29, 0.717) is 0 Å². The Labute approximate surface area is 83.7 Å². The summed E-state index contributed by atoms with van der Waals surface area (Å²) in [5.41, 5.74) is 0.0466. The van der Waals surface area contributed by atoms with Crippen molar-refractivity contribution >= 4 is 5.82 Å². The van der Waals surface area contributed by atoms with E-state index < -0.39 is 0 Å². The maximum absolute atomic E-state index is 5.49. The molecule has 0 atom stereocenters. The molecule has 0 amide bonds. The number of anilines is 1. The van der Waals surface area contributed by atoms with Gasteiger partial charge in [0.1, 0.15) is 12.1 Å². The molecule has 1 aromatic rings. The minimum atomic E-state index is 0.0466. The van der Waals surface area contributed by atoms with Crippen LogP contribution in [0.1, 0.15) is 19.3 Å². The predicted octanol–water partition coefficient (Wildman–Crippen LogP) is 1.46. The summed E-state index contributed by atoms with van der Waals surface area (Å²) in [7, 11) is 1.78. The maximum Gasteiger partial charge on any atom is 0.129 e. The Balaban J connectivity index is 1.88. The van der Waals surface area contributed by atoms with Gasteiger partial charge in [-0.1, -0.05) is 0 Å². The topological polar surface area (TPSA) is 47.0 Å². The molecule has 0 aromatic carbocycles. The molecule has 2 rings (SSSR count). The van der Waals surface area contributed by atoms with Gasteiger partial charge in [-0.25, -0.2) is 9.97 Å². The normalized spacial score (nSPS) is 18.6. The highest BCUT2D eigenvalue weighted by Crippen LogP contribution is 2.34. The molecule has 1 aliphatic rings. The first-order valence-corrected chi connectivity index (χ1v) is 4.90. The second-order valence-corrected chi connectivity index (χ2v) is 3.69. The number of nitrogens with zero attached hydrogens (tertiary/aromatic N) is 2. The summed E-state index contributed by atoms with van der Waals surface area (Å²) in [4.78, 5) is 7.96. The smallest absolute Gasteiger partial charge is 0.129 e. The molecule has 0 radical (unpaired) electrons. The number of nitrogens with one attached hydrogen (secondary N) is 1. The van der Waals surface area contributed by atoms with E-state index in [0.717, 1.165) is 25.2 Å². The summed E-state index contributed by atoms with van der Waals surface area (Å²) in [6, 6.07) is 1.86. The van der Waals surface area contributed by atoms with E-state index >= 15 is 0 Å². The van der Waals surface area contributed by atoms with E-state index in [4.69, 9.17) is 4.74 Å². The molecular weight excluding hydrogens is 178 g/mol. The van der Waals surface area contributed by atoms with Crippen molar-refractivity contribution in [2.45, 2.75) is 24.9 Å². The van der Waals surface area contributed by atoms with Crippen LogP contribution < -0.4 is 5.32 Å². The van der Waals surface area contributed by atoms with E-state index in [1.807, 2.05) is 6.07 Å². The lowest BCUT2D eigenvalue weighted by Gasteiger charge is -2.40. The van der Waals surface area contributed by atoms with Gasteiger partial charge in [-0.05, 0) is 25.3 Å². The van der Waals surface area contributed by atoms with Gasteiger partial charge < -0.3 is 10.1 Å². The Morgan fingerprint density at radius 2 is 2.43 bits per heavy atom. The summed E-state index contributed by atoms with van der Waals surface area (Å²) in [5, 5.41) is 3.26. The van der Waals surface area contributed by atoms with Crippen molar-refractivity contribution in [1.82, 2.24) is 9.97 Å². The van der Waals surface area contributed by atoms with Gasteiger partial charge in [0, 0.05) is 19.9 Å². The molecule has 1 aliphatic carbocycles. The number of hydrogen-bond donors (Lipinski definition) is 1. The van der Waals surface area contributed by atoms with Crippen LogP contribution in [0.5, 0.6) is 0 Å². The zero-order chi connectivity index (χ0) is 9.86. The third kappa shape index (κ3) is 1.85. The monoisotopic (exact) mass is 193 g/mol. The molecule has 1 N–H and O–H groups in total. The number of hydrogen-bond acceptors (Lipinski definition) is 4. The highest BCUT2D eigenvalue weighted by Gasteiger charge is 2.36. The number of ether oxygens (including phenoxy) is 1. The van der Waals surface area contributed by atoms with Gasteiger partial charge >= 0.3 is 0 Å². The lowest BCUT2D eigenvalue weighted by molar-refractivity contribution is -0.0601. The molecule has 0 bridgehead atoms. The van der Waals surface area contributed by atoms with Crippen molar-refractivity contribution in [1.29, 1.82) is 0 Å². The molecule has 1 heterocycles. The molecule has 4 nitrogen and oxygen atoms in total. The van der Waals surface area contributed by atoms with Gasteiger partial charge in [0.15, 0.2) is 0 Å². The molecule has 0 aliphatic heterocycles. The number of methoxy groups -OCH3 is 1. The van der Waals surface area contributed by atoms with Crippen molar-refractivity contribution in [2.24, 2.45) is 0 Å². The van der Waals surface area contributed by atoms with Gasteiger partial charge in [-0.15, -0.1) is 0 Å². The van der Waals surface area contributed by atoms with Gasteiger partial charge in [-0.3, -0.25) is 0 Å². The predicted molar refractivity (Wildman–Crippen MR) is 54.1 cm³/mol. The molecule has 76 valence electrons. The van der Waals surface area contributed by atoms with Crippen molar-refractivity contribution < 1.29 is 4.74 Å². The molecule has 0 saturated heterocycles. The Bertz CT molecular complexity index is 279. The van der Waals surface area contributed by atoms with Crippen molar-refractivity contribution in [3.8, 4) is 0 Å². The molecule has 1 fully saturated rings. The first kappa shape index (κ1) is 9.40. The lowest BCUT2D eigenvalue weighted by atomic mass is 9.80. The zero-order valence-corrected chi connectivity index (χ0v) is 8.36. The molecule has 4 heteroatoms. The minimum Gasteiger partial charge on any atom is -0.376 e.